The van der Waals surface area contributed by atoms with Crippen LogP contribution in [0.2, 0.25) is 0 Å². The largest absolute Gasteiger partial charge is 0.367 e. The molecule has 1 aliphatic rings. The van der Waals surface area contributed by atoms with Crippen molar-refractivity contribution in [2.24, 2.45) is 0 Å². The second-order valence-corrected chi connectivity index (χ2v) is 7.75. The van der Waals surface area contributed by atoms with Crippen LogP contribution in [0.4, 0.5) is 15.9 Å². The Labute approximate surface area is 167 Å². The van der Waals surface area contributed by atoms with Crippen molar-refractivity contribution in [2.75, 3.05) is 42.9 Å². The lowest BCUT2D eigenvalue weighted by Crippen LogP contribution is -2.49. The van der Waals surface area contributed by atoms with Gasteiger partial charge in [0, 0.05) is 37.1 Å². The van der Waals surface area contributed by atoms with E-state index in [1.807, 2.05) is 34.5 Å². The van der Waals surface area contributed by atoms with Crippen LogP contribution in [0.3, 0.4) is 0 Å². The molecule has 1 aromatic carbocycles. The highest BCUT2D eigenvalue weighted by molar-refractivity contribution is 7.09. The number of amides is 1. The van der Waals surface area contributed by atoms with Gasteiger partial charge in [0.05, 0.1) is 25.0 Å². The Morgan fingerprint density at radius 3 is 2.68 bits per heavy atom. The SMILES string of the molecule is O=C(CN1CCN(c2ccccc2F)CC1)Nc1ccnn1Cc1cccs1. The molecule has 1 N–H and O–H groups in total. The average Bonchev–Trinajstić information content (AvgIpc) is 3.36. The van der Waals surface area contributed by atoms with Crippen LogP contribution in [0.15, 0.2) is 54.0 Å². The molecule has 3 heterocycles. The third kappa shape index (κ3) is 4.40. The van der Waals surface area contributed by atoms with Gasteiger partial charge in [-0.25, -0.2) is 9.07 Å². The summed E-state index contributed by atoms with van der Waals surface area (Å²) in [4.78, 5) is 17.8. The van der Waals surface area contributed by atoms with E-state index in [-0.39, 0.29) is 11.7 Å². The Kier molecular flexibility index (Phi) is 5.68. The number of rotatable bonds is 6. The zero-order valence-electron chi connectivity index (χ0n) is 15.4. The Bertz CT molecular complexity index is 918. The number of nitrogens with one attached hydrogen (secondary N) is 1. The van der Waals surface area contributed by atoms with E-state index in [0.717, 1.165) is 13.1 Å². The molecule has 0 bridgehead atoms. The maximum Gasteiger partial charge on any atom is 0.239 e. The summed E-state index contributed by atoms with van der Waals surface area (Å²) < 4.78 is 15.7. The number of para-hydroxylation sites is 1. The predicted molar refractivity (Wildman–Crippen MR) is 109 cm³/mol. The summed E-state index contributed by atoms with van der Waals surface area (Å²) in [5, 5.41) is 9.27. The Balaban J connectivity index is 1.29. The highest BCUT2D eigenvalue weighted by Gasteiger charge is 2.21. The van der Waals surface area contributed by atoms with Gasteiger partial charge < -0.3 is 10.2 Å². The minimum atomic E-state index is -0.201. The van der Waals surface area contributed by atoms with Gasteiger partial charge in [-0.2, -0.15) is 5.10 Å². The van der Waals surface area contributed by atoms with Gasteiger partial charge in [0.25, 0.3) is 0 Å². The van der Waals surface area contributed by atoms with E-state index in [1.165, 1.54) is 10.9 Å². The van der Waals surface area contributed by atoms with Crippen molar-refractivity contribution >= 4 is 28.7 Å². The van der Waals surface area contributed by atoms with E-state index >= 15 is 0 Å². The molecule has 1 amide bonds. The van der Waals surface area contributed by atoms with Gasteiger partial charge in [0.2, 0.25) is 5.91 Å². The van der Waals surface area contributed by atoms with Gasteiger partial charge >= 0.3 is 0 Å². The number of benzene rings is 1. The van der Waals surface area contributed by atoms with E-state index < -0.39 is 0 Å². The van der Waals surface area contributed by atoms with Crippen LogP contribution in [-0.4, -0.2) is 53.3 Å². The number of hydrogen-bond donors (Lipinski definition) is 1. The van der Waals surface area contributed by atoms with Crippen LogP contribution in [-0.2, 0) is 11.3 Å². The Morgan fingerprint density at radius 2 is 1.93 bits per heavy atom. The third-order valence-corrected chi connectivity index (χ3v) is 5.66. The lowest BCUT2D eigenvalue weighted by molar-refractivity contribution is -0.117. The summed E-state index contributed by atoms with van der Waals surface area (Å²) in [5.41, 5.74) is 0.629. The molecule has 6 nitrogen and oxygen atoms in total. The van der Waals surface area contributed by atoms with E-state index in [4.69, 9.17) is 0 Å². The fourth-order valence-corrected chi connectivity index (χ4v) is 4.04. The molecule has 0 saturated carbocycles. The van der Waals surface area contributed by atoms with E-state index in [9.17, 15) is 9.18 Å². The molecule has 1 fully saturated rings. The second-order valence-electron chi connectivity index (χ2n) is 6.72. The van der Waals surface area contributed by atoms with Gasteiger partial charge in [-0.15, -0.1) is 11.3 Å². The summed E-state index contributed by atoms with van der Waals surface area (Å²) in [5.74, 6) is 0.434. The summed E-state index contributed by atoms with van der Waals surface area (Å²) >= 11 is 1.66. The van der Waals surface area contributed by atoms with E-state index in [2.05, 4.69) is 15.3 Å². The summed E-state index contributed by atoms with van der Waals surface area (Å²) in [6.07, 6.45) is 1.69. The molecular formula is C20H22FN5OS. The molecule has 1 aliphatic heterocycles. The molecule has 0 radical (unpaired) electrons. The number of hydrogen-bond acceptors (Lipinski definition) is 5. The van der Waals surface area contributed by atoms with E-state index in [1.54, 1.807) is 34.3 Å². The zero-order chi connectivity index (χ0) is 19.3. The highest BCUT2D eigenvalue weighted by atomic mass is 32.1. The summed E-state index contributed by atoms with van der Waals surface area (Å²) in [7, 11) is 0. The lowest BCUT2D eigenvalue weighted by atomic mass is 10.2. The number of piperazine rings is 1. The van der Waals surface area contributed by atoms with Crippen molar-refractivity contribution in [3.05, 3.63) is 64.7 Å². The van der Waals surface area contributed by atoms with Crippen LogP contribution >= 0.6 is 11.3 Å². The molecule has 0 aliphatic carbocycles. The van der Waals surface area contributed by atoms with Crippen molar-refractivity contribution in [1.29, 1.82) is 0 Å². The van der Waals surface area contributed by atoms with Crippen LogP contribution in [0.25, 0.3) is 0 Å². The predicted octanol–water partition coefficient (Wildman–Crippen LogP) is 2.89. The fourth-order valence-electron chi connectivity index (χ4n) is 3.36. The smallest absolute Gasteiger partial charge is 0.239 e. The minimum absolute atomic E-state index is 0.0627. The molecule has 0 spiro atoms. The zero-order valence-corrected chi connectivity index (χ0v) is 16.2. The number of nitrogens with zero attached hydrogens (tertiary/aromatic N) is 4. The number of carbonyl (C=O) groups excluding carboxylic acids is 1. The van der Waals surface area contributed by atoms with Gasteiger partial charge in [-0.1, -0.05) is 18.2 Å². The average molecular weight is 399 g/mol. The highest BCUT2D eigenvalue weighted by Crippen LogP contribution is 2.20. The fraction of sp³-hybridized carbons (Fsp3) is 0.300. The summed E-state index contributed by atoms with van der Waals surface area (Å²) in [6, 6.07) is 12.7. The molecule has 146 valence electrons. The number of halogens is 1. The molecular weight excluding hydrogens is 377 g/mol. The first-order valence-corrected chi connectivity index (χ1v) is 10.1. The monoisotopic (exact) mass is 399 g/mol. The van der Waals surface area contributed by atoms with Crippen molar-refractivity contribution in [2.45, 2.75) is 6.54 Å². The van der Waals surface area contributed by atoms with Gasteiger partial charge in [-0.05, 0) is 23.6 Å². The normalized spacial score (nSPS) is 15.0. The molecule has 28 heavy (non-hydrogen) atoms. The first-order chi connectivity index (χ1) is 13.7. The maximum absolute atomic E-state index is 13.9. The minimum Gasteiger partial charge on any atom is -0.367 e. The van der Waals surface area contributed by atoms with Crippen LogP contribution < -0.4 is 10.2 Å². The van der Waals surface area contributed by atoms with Crippen molar-refractivity contribution < 1.29 is 9.18 Å². The van der Waals surface area contributed by atoms with Crippen LogP contribution in [0.1, 0.15) is 4.88 Å². The first-order valence-electron chi connectivity index (χ1n) is 9.25. The quantitative estimate of drug-likeness (QED) is 0.693. The molecule has 2 aromatic heterocycles. The molecule has 0 atom stereocenters. The van der Waals surface area contributed by atoms with Crippen LogP contribution in [0.5, 0.6) is 0 Å². The van der Waals surface area contributed by atoms with Crippen LogP contribution in [0, 0.1) is 5.82 Å². The number of aromatic nitrogens is 2. The molecule has 3 aromatic rings. The van der Waals surface area contributed by atoms with Gasteiger partial charge in [0.1, 0.15) is 11.6 Å². The topological polar surface area (TPSA) is 53.4 Å². The standard InChI is InChI=1S/C20H22FN5OS/c21-17-5-1-2-6-18(17)25-11-9-24(10-12-25)15-20(27)23-19-7-8-22-26(19)14-16-4-3-13-28-16/h1-8,13H,9-12,14-15H2,(H,23,27). The third-order valence-electron chi connectivity index (χ3n) is 4.80. The molecule has 8 heteroatoms. The number of thiophene rings is 1. The second kappa shape index (κ2) is 8.53. The number of anilines is 2. The Morgan fingerprint density at radius 1 is 1.11 bits per heavy atom. The maximum atomic E-state index is 13.9. The molecule has 0 unspecified atom stereocenters. The van der Waals surface area contributed by atoms with Crippen molar-refractivity contribution in [3.63, 3.8) is 0 Å². The van der Waals surface area contributed by atoms with Gasteiger partial charge in [0.15, 0.2) is 0 Å². The molecule has 4 rings (SSSR count). The van der Waals surface area contributed by atoms with E-state index in [0.29, 0.717) is 37.7 Å². The molecule has 1 saturated heterocycles. The first kappa shape index (κ1) is 18.6. The number of carbonyl (C=O) groups is 1. The summed E-state index contributed by atoms with van der Waals surface area (Å²) in [6.45, 7) is 3.79. The lowest BCUT2D eigenvalue weighted by Gasteiger charge is -2.35. The Hall–Kier alpha value is -2.71. The van der Waals surface area contributed by atoms with Gasteiger partial charge in [-0.3, -0.25) is 9.69 Å². The van der Waals surface area contributed by atoms with Crippen molar-refractivity contribution in [1.82, 2.24) is 14.7 Å². The van der Waals surface area contributed by atoms with Crippen molar-refractivity contribution in [3.8, 4) is 0 Å².